The van der Waals surface area contributed by atoms with Gasteiger partial charge >= 0.3 is 12.4 Å². The van der Waals surface area contributed by atoms with Crippen LogP contribution < -0.4 is 0 Å². The van der Waals surface area contributed by atoms with Crippen LogP contribution in [0.1, 0.15) is 5.56 Å². The first kappa shape index (κ1) is 20.7. The molecule has 1 fully saturated rings. The number of amides is 1. The molecule has 1 unspecified atom stereocenters. The fourth-order valence-corrected chi connectivity index (χ4v) is 4.09. The Labute approximate surface area is 151 Å². The molecule has 2 rings (SSSR count). The molecule has 0 N–H and O–H groups in total. The molecule has 1 aromatic carbocycles. The van der Waals surface area contributed by atoms with E-state index in [1.807, 2.05) is 0 Å². The van der Waals surface area contributed by atoms with Gasteiger partial charge in [-0.1, -0.05) is 17.8 Å². The van der Waals surface area contributed by atoms with E-state index < -0.39 is 41.4 Å². The summed E-state index contributed by atoms with van der Waals surface area (Å²) < 4.78 is 86.9. The van der Waals surface area contributed by atoms with Crippen molar-refractivity contribution in [3.8, 4) is 0 Å². The quantitative estimate of drug-likeness (QED) is 0.700. The first-order chi connectivity index (χ1) is 11.9. The van der Waals surface area contributed by atoms with E-state index in [1.165, 1.54) is 19.1 Å². The maximum Gasteiger partial charge on any atom is 0.406 e. The molecule has 0 bridgehead atoms. The minimum absolute atomic E-state index is 0.0190. The molecule has 12 heteroatoms. The SMILES string of the molecule is Cc1ccc(N=C2SCC(=O)N2CC(F)(F)F)cc1S(=O)CC(F)(F)F. The van der Waals surface area contributed by atoms with Gasteiger partial charge in [-0.15, -0.1) is 0 Å². The molecule has 1 aliphatic rings. The molecule has 0 spiro atoms. The van der Waals surface area contributed by atoms with Crippen molar-refractivity contribution in [2.45, 2.75) is 24.2 Å². The third-order valence-electron chi connectivity index (χ3n) is 3.13. The number of carbonyl (C=O) groups is 1. The van der Waals surface area contributed by atoms with Gasteiger partial charge in [0, 0.05) is 4.90 Å². The molecule has 4 nitrogen and oxygen atoms in total. The Morgan fingerprint density at radius 2 is 1.85 bits per heavy atom. The Kier molecular flexibility index (Phi) is 6.06. The molecule has 0 saturated carbocycles. The molecule has 0 aliphatic carbocycles. The van der Waals surface area contributed by atoms with Crippen molar-refractivity contribution in [3.05, 3.63) is 23.8 Å². The van der Waals surface area contributed by atoms with Crippen LogP contribution in [-0.4, -0.2) is 50.6 Å². The first-order valence-corrected chi connectivity index (χ1v) is 9.30. The van der Waals surface area contributed by atoms with Crippen molar-refractivity contribution < 1.29 is 35.3 Å². The van der Waals surface area contributed by atoms with Crippen LogP contribution in [0.2, 0.25) is 0 Å². The van der Waals surface area contributed by atoms with Crippen LogP contribution in [0, 0.1) is 6.92 Å². The largest absolute Gasteiger partial charge is 0.406 e. The topological polar surface area (TPSA) is 49.7 Å². The number of benzene rings is 1. The monoisotopic (exact) mass is 418 g/mol. The zero-order valence-electron chi connectivity index (χ0n) is 13.1. The van der Waals surface area contributed by atoms with E-state index in [2.05, 4.69) is 4.99 Å². The molecule has 1 aliphatic heterocycles. The zero-order chi connectivity index (χ0) is 19.7. The highest BCUT2D eigenvalue weighted by atomic mass is 32.2. The Morgan fingerprint density at radius 3 is 2.42 bits per heavy atom. The third kappa shape index (κ3) is 5.73. The van der Waals surface area contributed by atoms with Gasteiger partial charge in [0.2, 0.25) is 5.91 Å². The van der Waals surface area contributed by atoms with Crippen LogP contribution >= 0.6 is 11.8 Å². The molecule has 26 heavy (non-hydrogen) atoms. The number of thioether (sulfide) groups is 1. The lowest BCUT2D eigenvalue weighted by Gasteiger charge is -2.18. The fourth-order valence-electron chi connectivity index (χ4n) is 2.06. The van der Waals surface area contributed by atoms with Crippen molar-refractivity contribution in [3.63, 3.8) is 0 Å². The van der Waals surface area contributed by atoms with Crippen LogP contribution in [0.25, 0.3) is 0 Å². The molecule has 1 aromatic rings. The van der Waals surface area contributed by atoms with Crippen molar-refractivity contribution in [1.82, 2.24) is 4.90 Å². The lowest BCUT2D eigenvalue weighted by atomic mass is 10.2. The Morgan fingerprint density at radius 1 is 1.19 bits per heavy atom. The molecule has 1 atom stereocenters. The van der Waals surface area contributed by atoms with E-state index in [-0.39, 0.29) is 21.5 Å². The average Bonchev–Trinajstić information content (AvgIpc) is 2.78. The highest BCUT2D eigenvalue weighted by Crippen LogP contribution is 2.30. The van der Waals surface area contributed by atoms with Gasteiger partial charge in [-0.2, -0.15) is 26.3 Å². The van der Waals surface area contributed by atoms with E-state index in [4.69, 9.17) is 0 Å². The van der Waals surface area contributed by atoms with E-state index in [1.54, 1.807) is 0 Å². The van der Waals surface area contributed by atoms with Gasteiger partial charge in [-0.25, -0.2) is 4.99 Å². The van der Waals surface area contributed by atoms with Gasteiger partial charge in [-0.3, -0.25) is 13.9 Å². The normalized spacial score (nSPS) is 18.7. The van der Waals surface area contributed by atoms with Gasteiger partial charge in [0.05, 0.1) is 22.2 Å². The second-order valence-electron chi connectivity index (χ2n) is 5.33. The number of carbonyl (C=O) groups excluding carboxylic acids is 1. The zero-order valence-corrected chi connectivity index (χ0v) is 14.8. The highest BCUT2D eigenvalue weighted by molar-refractivity contribution is 8.15. The first-order valence-electron chi connectivity index (χ1n) is 7.00. The Hall–Kier alpha value is -1.56. The summed E-state index contributed by atoms with van der Waals surface area (Å²) >= 11 is 0.793. The summed E-state index contributed by atoms with van der Waals surface area (Å²) in [5.41, 5.74) is 0.351. The fraction of sp³-hybridized carbons (Fsp3) is 0.429. The number of alkyl halides is 6. The molecule has 1 heterocycles. The maximum absolute atomic E-state index is 12.6. The van der Waals surface area contributed by atoms with E-state index >= 15 is 0 Å². The third-order valence-corrected chi connectivity index (χ3v) is 5.61. The van der Waals surface area contributed by atoms with Gasteiger partial charge in [0.1, 0.15) is 12.3 Å². The highest BCUT2D eigenvalue weighted by Gasteiger charge is 2.39. The lowest BCUT2D eigenvalue weighted by molar-refractivity contribution is -0.150. The van der Waals surface area contributed by atoms with Crippen LogP contribution in [0.5, 0.6) is 0 Å². The summed E-state index contributed by atoms with van der Waals surface area (Å²) in [6.45, 7) is -0.0410. The summed E-state index contributed by atoms with van der Waals surface area (Å²) in [5.74, 6) is -2.52. The van der Waals surface area contributed by atoms with Crippen molar-refractivity contribution >= 4 is 39.3 Å². The summed E-state index contributed by atoms with van der Waals surface area (Å²) in [7, 11) is -2.37. The summed E-state index contributed by atoms with van der Waals surface area (Å²) in [5, 5.41) is -0.205. The molecule has 0 aromatic heterocycles. The second-order valence-corrected chi connectivity index (χ2v) is 7.69. The van der Waals surface area contributed by atoms with Crippen LogP contribution in [-0.2, 0) is 15.6 Å². The minimum atomic E-state index is -4.63. The molecule has 144 valence electrons. The second kappa shape index (κ2) is 7.59. The number of amidine groups is 1. The minimum Gasteiger partial charge on any atom is -0.281 e. The van der Waals surface area contributed by atoms with Crippen LogP contribution in [0.4, 0.5) is 32.0 Å². The predicted octanol–water partition coefficient (Wildman–Crippen LogP) is 3.79. The van der Waals surface area contributed by atoms with E-state index in [9.17, 15) is 35.3 Å². The van der Waals surface area contributed by atoms with Crippen LogP contribution in [0.15, 0.2) is 28.1 Å². The van der Waals surface area contributed by atoms with Gasteiger partial charge < -0.3 is 0 Å². The van der Waals surface area contributed by atoms with Crippen molar-refractivity contribution in [2.24, 2.45) is 4.99 Å². The standard InChI is InChI=1S/C14H12F6N2O2S2/c1-8-2-3-9(4-10(8)26(24)7-14(18,19)20)21-12-22(6-13(15,16)17)11(23)5-25-12/h2-4H,5-7H2,1H3. The van der Waals surface area contributed by atoms with E-state index in [0.717, 1.165) is 17.8 Å². The average molecular weight is 418 g/mol. The van der Waals surface area contributed by atoms with Gasteiger partial charge in [0.15, 0.2) is 5.17 Å². The lowest BCUT2D eigenvalue weighted by Crippen LogP contribution is -2.38. The molecule has 0 radical (unpaired) electrons. The number of hydrogen-bond donors (Lipinski definition) is 0. The Balaban J connectivity index is 2.31. The van der Waals surface area contributed by atoms with Crippen LogP contribution in [0.3, 0.4) is 0 Å². The molecule has 1 amide bonds. The van der Waals surface area contributed by atoms with Gasteiger partial charge in [-0.05, 0) is 24.6 Å². The summed E-state index contributed by atoms with van der Waals surface area (Å²) in [6, 6.07) is 3.86. The Bertz CT molecular complexity index is 761. The molecule has 1 saturated heterocycles. The number of aliphatic imine (C=N–C) groups is 1. The summed E-state index contributed by atoms with van der Waals surface area (Å²) in [4.78, 5) is 15.9. The van der Waals surface area contributed by atoms with Gasteiger partial charge in [0.25, 0.3) is 0 Å². The number of rotatable bonds is 4. The maximum atomic E-state index is 12.6. The molecular formula is C14H12F6N2O2S2. The summed E-state index contributed by atoms with van der Waals surface area (Å²) in [6.07, 6.45) is -9.25. The number of halogens is 6. The van der Waals surface area contributed by atoms with E-state index in [0.29, 0.717) is 10.5 Å². The van der Waals surface area contributed by atoms with Crippen molar-refractivity contribution in [2.75, 3.05) is 18.1 Å². The number of hydrogen-bond acceptors (Lipinski definition) is 4. The number of nitrogens with zero attached hydrogens (tertiary/aromatic N) is 2. The smallest absolute Gasteiger partial charge is 0.281 e. The molecular weight excluding hydrogens is 406 g/mol. The van der Waals surface area contributed by atoms with Crippen molar-refractivity contribution in [1.29, 1.82) is 0 Å². The number of aryl methyl sites for hydroxylation is 1. The predicted molar refractivity (Wildman–Crippen MR) is 85.8 cm³/mol.